The predicted octanol–water partition coefficient (Wildman–Crippen LogP) is 5.43. The summed E-state index contributed by atoms with van der Waals surface area (Å²) in [5.74, 6) is -0.0658. The van der Waals surface area contributed by atoms with E-state index in [2.05, 4.69) is 15.6 Å². The van der Waals surface area contributed by atoms with E-state index in [9.17, 15) is 14.3 Å². The largest absolute Gasteiger partial charge is 0.507 e. The number of phenols is 1. The Morgan fingerprint density at radius 2 is 1.97 bits per heavy atom. The number of amides is 1. The average molecular weight is 467 g/mol. The number of alkyl halides is 1. The Kier molecular flexibility index (Phi) is 6.46. The monoisotopic (exact) mass is 466 g/mol. The van der Waals surface area contributed by atoms with E-state index >= 15 is 0 Å². The van der Waals surface area contributed by atoms with Gasteiger partial charge in [0, 0.05) is 39.6 Å². The van der Waals surface area contributed by atoms with E-state index in [0.717, 1.165) is 0 Å². The molecule has 0 bridgehead atoms. The summed E-state index contributed by atoms with van der Waals surface area (Å²) < 4.78 is 18.3. The van der Waals surface area contributed by atoms with Crippen LogP contribution in [0.2, 0.25) is 5.02 Å². The molecule has 2 aromatic heterocycles. The highest BCUT2D eigenvalue weighted by Gasteiger charge is 2.13. The van der Waals surface area contributed by atoms with Crippen LogP contribution in [0.1, 0.15) is 21.5 Å². The number of hydrogen-bond acceptors (Lipinski definition) is 6. The van der Waals surface area contributed by atoms with Crippen molar-refractivity contribution in [3.8, 4) is 17.0 Å². The highest BCUT2D eigenvalue weighted by molar-refractivity contribution is 6.30. The van der Waals surface area contributed by atoms with Crippen LogP contribution in [-0.4, -0.2) is 16.0 Å². The molecule has 5 N–H and O–H groups in total. The molecule has 168 valence electrons. The molecule has 4 aromatic rings. The van der Waals surface area contributed by atoms with Crippen LogP contribution < -0.4 is 16.4 Å². The molecule has 2 heterocycles. The number of nitrogens with one attached hydrogen (secondary N) is 2. The maximum absolute atomic E-state index is 13.4. The molecular formula is C24H20ClFN4O3. The minimum absolute atomic E-state index is 0.00952. The van der Waals surface area contributed by atoms with Crippen LogP contribution in [0.4, 0.5) is 21.6 Å². The number of carbonyl (C=O) groups excluding carboxylic acids is 1. The minimum atomic E-state index is -0.676. The fourth-order valence-electron chi connectivity index (χ4n) is 3.24. The summed E-state index contributed by atoms with van der Waals surface area (Å²) in [5.41, 5.74) is 9.62. The summed E-state index contributed by atoms with van der Waals surface area (Å²) in [5, 5.41) is 16.7. The van der Waals surface area contributed by atoms with Crippen molar-refractivity contribution in [3.05, 3.63) is 88.8 Å². The van der Waals surface area contributed by atoms with Crippen molar-refractivity contribution in [2.75, 3.05) is 11.1 Å². The van der Waals surface area contributed by atoms with Crippen molar-refractivity contribution < 1.29 is 18.7 Å². The number of nitrogens with two attached hydrogens (primary N) is 1. The number of anilines is 3. The van der Waals surface area contributed by atoms with Crippen LogP contribution in [0.25, 0.3) is 11.3 Å². The lowest BCUT2D eigenvalue weighted by Crippen LogP contribution is -2.23. The van der Waals surface area contributed by atoms with Gasteiger partial charge in [0.1, 0.15) is 24.5 Å². The fraction of sp³-hybridized carbons (Fsp3) is 0.0833. The zero-order valence-corrected chi connectivity index (χ0v) is 18.1. The first kappa shape index (κ1) is 22.2. The molecule has 9 heteroatoms. The highest BCUT2D eigenvalue weighted by Crippen LogP contribution is 2.33. The number of furan rings is 1. The molecule has 7 nitrogen and oxygen atoms in total. The molecule has 4 rings (SSSR count). The van der Waals surface area contributed by atoms with Crippen LogP contribution in [0.3, 0.4) is 0 Å². The molecular weight excluding hydrogens is 447 g/mol. The normalized spacial score (nSPS) is 10.7. The maximum atomic E-state index is 13.4. The molecule has 33 heavy (non-hydrogen) atoms. The second kappa shape index (κ2) is 9.62. The fourth-order valence-corrected chi connectivity index (χ4v) is 3.44. The number of nitrogen functional groups attached to an aromatic ring is 1. The van der Waals surface area contributed by atoms with Crippen molar-refractivity contribution in [1.82, 2.24) is 10.3 Å². The van der Waals surface area contributed by atoms with E-state index in [1.807, 2.05) is 0 Å². The lowest BCUT2D eigenvalue weighted by Gasteiger charge is -2.13. The third-order valence-electron chi connectivity index (χ3n) is 5.00. The lowest BCUT2D eigenvalue weighted by molar-refractivity contribution is 0.0950. The van der Waals surface area contributed by atoms with Gasteiger partial charge in [0.15, 0.2) is 0 Å². The Bertz CT molecular complexity index is 1300. The molecule has 0 spiro atoms. The summed E-state index contributed by atoms with van der Waals surface area (Å²) in [6.07, 6.45) is 2.77. The van der Waals surface area contributed by atoms with Crippen LogP contribution >= 0.6 is 11.6 Å². The summed E-state index contributed by atoms with van der Waals surface area (Å²) in [7, 11) is 0. The zero-order valence-electron chi connectivity index (χ0n) is 17.3. The van der Waals surface area contributed by atoms with Crippen molar-refractivity contribution in [3.63, 3.8) is 0 Å². The molecule has 0 radical (unpaired) electrons. The number of aromatic nitrogens is 1. The van der Waals surface area contributed by atoms with Crippen LogP contribution in [0.15, 0.2) is 71.5 Å². The van der Waals surface area contributed by atoms with Gasteiger partial charge in [0.25, 0.3) is 5.91 Å². The summed E-state index contributed by atoms with van der Waals surface area (Å²) in [6.45, 7) is -0.496. The van der Waals surface area contributed by atoms with Gasteiger partial charge in [-0.3, -0.25) is 4.79 Å². The third-order valence-corrected chi connectivity index (χ3v) is 5.23. The average Bonchev–Trinajstić information content (AvgIpc) is 3.35. The standard InChI is InChI=1S/C24H20ClFN4O3/c25-17-2-5-20(16(9-17)11-26)29-18-3-6-22(31)19(10-18)21-4-1-14(23(27)30-21)12-28-24(32)15-7-8-33-13-15/h1-10,13,29,31H,11-12H2,(H2,27,30)(H,28,32). The van der Waals surface area contributed by atoms with Crippen molar-refractivity contribution in [1.29, 1.82) is 0 Å². The van der Waals surface area contributed by atoms with Crippen LogP contribution in [0.5, 0.6) is 5.75 Å². The van der Waals surface area contributed by atoms with Crippen LogP contribution in [-0.2, 0) is 13.2 Å². The summed E-state index contributed by atoms with van der Waals surface area (Å²) in [6, 6.07) is 14.8. The van der Waals surface area contributed by atoms with E-state index in [-0.39, 0.29) is 24.0 Å². The van der Waals surface area contributed by atoms with Gasteiger partial charge in [-0.25, -0.2) is 9.37 Å². The second-order valence-electron chi connectivity index (χ2n) is 7.23. The number of nitrogens with zero attached hydrogens (tertiary/aromatic N) is 1. The smallest absolute Gasteiger partial charge is 0.254 e. The minimum Gasteiger partial charge on any atom is -0.507 e. The Hall–Kier alpha value is -4.04. The molecule has 0 fully saturated rings. The molecule has 0 aliphatic carbocycles. The number of aromatic hydroxyl groups is 1. The molecule has 0 saturated carbocycles. The van der Waals surface area contributed by atoms with Crippen LogP contribution in [0, 0.1) is 0 Å². The first-order valence-corrected chi connectivity index (χ1v) is 10.3. The van der Waals surface area contributed by atoms with Gasteiger partial charge >= 0.3 is 0 Å². The Morgan fingerprint density at radius 3 is 2.70 bits per heavy atom. The molecule has 0 atom stereocenters. The van der Waals surface area contributed by atoms with Crippen molar-refractivity contribution in [2.45, 2.75) is 13.2 Å². The predicted molar refractivity (Wildman–Crippen MR) is 125 cm³/mol. The van der Waals surface area contributed by atoms with E-state index in [1.165, 1.54) is 18.6 Å². The second-order valence-corrected chi connectivity index (χ2v) is 7.66. The highest BCUT2D eigenvalue weighted by atomic mass is 35.5. The van der Waals surface area contributed by atoms with Crippen molar-refractivity contribution in [2.24, 2.45) is 0 Å². The van der Waals surface area contributed by atoms with Gasteiger partial charge in [-0.2, -0.15) is 0 Å². The topological polar surface area (TPSA) is 113 Å². The van der Waals surface area contributed by atoms with Gasteiger partial charge < -0.3 is 25.9 Å². The van der Waals surface area contributed by atoms with E-state index in [4.69, 9.17) is 21.8 Å². The van der Waals surface area contributed by atoms with Gasteiger partial charge in [-0.15, -0.1) is 0 Å². The Balaban J connectivity index is 1.54. The van der Waals surface area contributed by atoms with Gasteiger partial charge in [-0.1, -0.05) is 17.7 Å². The lowest BCUT2D eigenvalue weighted by atomic mass is 10.1. The van der Waals surface area contributed by atoms with Crippen molar-refractivity contribution >= 4 is 34.7 Å². The summed E-state index contributed by atoms with van der Waals surface area (Å²) in [4.78, 5) is 16.5. The number of phenolic OH excluding ortho intramolecular Hbond substituents is 1. The quantitative estimate of drug-likeness (QED) is 0.270. The SMILES string of the molecule is Nc1nc(-c2cc(Nc3ccc(Cl)cc3CF)ccc2O)ccc1CNC(=O)c1ccoc1. The Labute approximate surface area is 194 Å². The van der Waals surface area contributed by atoms with E-state index < -0.39 is 6.67 Å². The van der Waals surface area contributed by atoms with Gasteiger partial charge in [0.2, 0.25) is 0 Å². The molecule has 0 unspecified atom stereocenters. The molecule has 2 aromatic carbocycles. The number of pyridine rings is 1. The molecule has 0 saturated heterocycles. The maximum Gasteiger partial charge on any atom is 0.254 e. The number of rotatable bonds is 7. The number of benzene rings is 2. The van der Waals surface area contributed by atoms with Gasteiger partial charge in [-0.05, 0) is 48.5 Å². The zero-order chi connectivity index (χ0) is 23.4. The van der Waals surface area contributed by atoms with Gasteiger partial charge in [0.05, 0.1) is 17.5 Å². The Morgan fingerprint density at radius 1 is 1.12 bits per heavy atom. The summed E-state index contributed by atoms with van der Waals surface area (Å²) >= 11 is 5.94. The number of halogens is 2. The van der Waals surface area contributed by atoms with E-state index in [1.54, 1.807) is 48.5 Å². The first-order valence-electron chi connectivity index (χ1n) is 9.95. The third kappa shape index (κ3) is 5.07. The number of carbonyl (C=O) groups is 1. The number of hydrogen-bond donors (Lipinski definition) is 4. The van der Waals surface area contributed by atoms with E-state index in [0.29, 0.717) is 44.3 Å². The molecule has 0 aliphatic rings. The molecule has 0 aliphatic heterocycles. The molecule has 1 amide bonds. The first-order chi connectivity index (χ1) is 15.9.